The Morgan fingerprint density at radius 2 is 2.06 bits per heavy atom. The van der Waals surface area contributed by atoms with E-state index in [0.29, 0.717) is 12.4 Å². The van der Waals surface area contributed by atoms with Crippen molar-refractivity contribution in [2.75, 3.05) is 20.6 Å². The molecule has 1 aromatic heterocycles. The molecule has 0 aliphatic heterocycles. The first-order valence-corrected chi connectivity index (χ1v) is 6.90. The highest BCUT2D eigenvalue weighted by Gasteiger charge is 2.23. The summed E-state index contributed by atoms with van der Waals surface area (Å²) in [5, 5.41) is 6.32. The molecular weight excluding hydrogens is 242 g/mol. The SMILES string of the molecule is CCCCN(C)S(=O)(=O)N(C)Cc1ncn[nH]1. The van der Waals surface area contributed by atoms with Crippen LogP contribution in [0.5, 0.6) is 0 Å². The molecule has 0 atom stereocenters. The van der Waals surface area contributed by atoms with E-state index >= 15 is 0 Å². The predicted octanol–water partition coefficient (Wildman–Crippen LogP) is 0.213. The highest BCUT2D eigenvalue weighted by Crippen LogP contribution is 2.08. The maximum absolute atomic E-state index is 12.1. The quantitative estimate of drug-likeness (QED) is 0.761. The number of aromatic amines is 1. The van der Waals surface area contributed by atoms with Gasteiger partial charge in [0, 0.05) is 20.6 Å². The molecule has 1 aromatic rings. The van der Waals surface area contributed by atoms with E-state index in [2.05, 4.69) is 15.2 Å². The minimum atomic E-state index is -3.41. The average molecular weight is 261 g/mol. The third kappa shape index (κ3) is 3.76. The van der Waals surface area contributed by atoms with Crippen molar-refractivity contribution in [3.05, 3.63) is 12.2 Å². The van der Waals surface area contributed by atoms with E-state index in [4.69, 9.17) is 0 Å². The Morgan fingerprint density at radius 1 is 1.35 bits per heavy atom. The second kappa shape index (κ2) is 6.08. The molecule has 0 aliphatic carbocycles. The lowest BCUT2D eigenvalue weighted by atomic mass is 10.3. The predicted molar refractivity (Wildman–Crippen MR) is 64.3 cm³/mol. The summed E-state index contributed by atoms with van der Waals surface area (Å²) in [5.74, 6) is 0.528. The lowest BCUT2D eigenvalue weighted by Gasteiger charge is -2.23. The van der Waals surface area contributed by atoms with Crippen LogP contribution in [0, 0.1) is 0 Å². The van der Waals surface area contributed by atoms with Crippen molar-refractivity contribution in [2.24, 2.45) is 0 Å². The van der Waals surface area contributed by atoms with E-state index in [0.717, 1.165) is 12.8 Å². The first-order valence-electron chi connectivity index (χ1n) is 5.50. The van der Waals surface area contributed by atoms with Crippen LogP contribution in [0.3, 0.4) is 0 Å². The molecular formula is C9H19N5O2S. The van der Waals surface area contributed by atoms with Crippen molar-refractivity contribution in [2.45, 2.75) is 26.3 Å². The number of nitrogens with zero attached hydrogens (tertiary/aromatic N) is 4. The molecule has 0 fully saturated rings. The van der Waals surface area contributed by atoms with Crippen molar-refractivity contribution in [3.8, 4) is 0 Å². The van der Waals surface area contributed by atoms with E-state index in [1.165, 1.54) is 22.0 Å². The maximum atomic E-state index is 12.1. The summed E-state index contributed by atoms with van der Waals surface area (Å²) < 4.78 is 26.7. The van der Waals surface area contributed by atoms with Crippen LogP contribution in [0.25, 0.3) is 0 Å². The fourth-order valence-corrected chi connectivity index (χ4v) is 2.45. The lowest BCUT2D eigenvalue weighted by molar-refractivity contribution is 0.381. The highest BCUT2D eigenvalue weighted by molar-refractivity contribution is 7.86. The summed E-state index contributed by atoms with van der Waals surface area (Å²) in [6, 6.07) is 0. The summed E-state index contributed by atoms with van der Waals surface area (Å²) in [6.07, 6.45) is 3.17. The standard InChI is InChI=1S/C9H19N5O2S/c1-4-5-6-13(2)17(15,16)14(3)7-9-10-8-11-12-9/h8H,4-7H2,1-3H3,(H,10,11,12). The summed E-state index contributed by atoms with van der Waals surface area (Å²) in [5.41, 5.74) is 0. The van der Waals surface area contributed by atoms with Crippen molar-refractivity contribution < 1.29 is 8.42 Å². The van der Waals surface area contributed by atoms with Gasteiger partial charge in [0.05, 0.1) is 6.54 Å². The summed E-state index contributed by atoms with van der Waals surface area (Å²) >= 11 is 0. The summed E-state index contributed by atoms with van der Waals surface area (Å²) in [7, 11) is -0.295. The van der Waals surface area contributed by atoms with E-state index in [1.54, 1.807) is 7.05 Å². The number of hydrogen-bond donors (Lipinski definition) is 1. The zero-order valence-corrected chi connectivity index (χ0v) is 11.2. The van der Waals surface area contributed by atoms with Gasteiger partial charge >= 0.3 is 0 Å². The Morgan fingerprint density at radius 3 is 2.59 bits per heavy atom. The van der Waals surface area contributed by atoms with Crippen LogP contribution >= 0.6 is 0 Å². The smallest absolute Gasteiger partial charge is 0.262 e. The monoisotopic (exact) mass is 261 g/mol. The first-order chi connectivity index (χ1) is 7.98. The maximum Gasteiger partial charge on any atom is 0.281 e. The Balaban J connectivity index is 2.63. The molecule has 1 rings (SSSR count). The fraction of sp³-hybridized carbons (Fsp3) is 0.778. The minimum Gasteiger partial charge on any atom is -0.262 e. The molecule has 0 saturated carbocycles. The fourth-order valence-electron chi connectivity index (χ4n) is 1.33. The molecule has 0 amide bonds. The Bertz CT molecular complexity index is 417. The molecule has 0 bridgehead atoms. The number of hydrogen-bond acceptors (Lipinski definition) is 4. The Kier molecular flexibility index (Phi) is 5.03. The molecule has 0 aromatic carbocycles. The highest BCUT2D eigenvalue weighted by atomic mass is 32.2. The van der Waals surface area contributed by atoms with E-state index in [9.17, 15) is 8.42 Å². The van der Waals surface area contributed by atoms with Crippen LogP contribution < -0.4 is 0 Å². The van der Waals surface area contributed by atoms with Gasteiger partial charge in [0.1, 0.15) is 12.2 Å². The Labute approximate surface area is 102 Å². The number of unbranched alkanes of at least 4 members (excludes halogenated alkanes) is 1. The molecule has 0 aliphatic rings. The summed E-state index contributed by atoms with van der Waals surface area (Å²) in [4.78, 5) is 3.90. The van der Waals surface area contributed by atoms with Crippen LogP contribution in [0.15, 0.2) is 6.33 Å². The summed E-state index contributed by atoms with van der Waals surface area (Å²) in [6.45, 7) is 2.75. The molecule has 0 saturated heterocycles. The number of H-pyrrole nitrogens is 1. The zero-order chi connectivity index (χ0) is 12.9. The minimum absolute atomic E-state index is 0.193. The van der Waals surface area contributed by atoms with Gasteiger partial charge in [-0.15, -0.1) is 0 Å². The van der Waals surface area contributed by atoms with Gasteiger partial charge in [0.25, 0.3) is 10.2 Å². The molecule has 8 heteroatoms. The molecule has 98 valence electrons. The second-order valence-corrected chi connectivity index (χ2v) is 6.01. The Hall–Kier alpha value is -0.990. The van der Waals surface area contributed by atoms with Gasteiger partial charge in [-0.05, 0) is 6.42 Å². The van der Waals surface area contributed by atoms with Crippen LogP contribution in [0.2, 0.25) is 0 Å². The normalized spacial score (nSPS) is 12.5. The van der Waals surface area contributed by atoms with Gasteiger partial charge in [-0.2, -0.15) is 22.1 Å². The lowest BCUT2D eigenvalue weighted by Crippen LogP contribution is -2.39. The third-order valence-corrected chi connectivity index (χ3v) is 4.34. The van der Waals surface area contributed by atoms with E-state index in [-0.39, 0.29) is 6.54 Å². The van der Waals surface area contributed by atoms with Gasteiger partial charge in [-0.3, -0.25) is 5.10 Å². The molecule has 1 N–H and O–H groups in total. The average Bonchev–Trinajstić information content (AvgIpc) is 2.78. The van der Waals surface area contributed by atoms with Gasteiger partial charge in [-0.1, -0.05) is 13.3 Å². The van der Waals surface area contributed by atoms with Crippen molar-refractivity contribution in [1.82, 2.24) is 23.8 Å². The topological polar surface area (TPSA) is 82.2 Å². The second-order valence-electron chi connectivity index (χ2n) is 3.87. The van der Waals surface area contributed by atoms with Gasteiger partial charge in [0.2, 0.25) is 0 Å². The van der Waals surface area contributed by atoms with Crippen molar-refractivity contribution >= 4 is 10.2 Å². The number of rotatable bonds is 7. The van der Waals surface area contributed by atoms with E-state index < -0.39 is 10.2 Å². The largest absolute Gasteiger partial charge is 0.281 e. The van der Waals surface area contributed by atoms with Crippen molar-refractivity contribution in [3.63, 3.8) is 0 Å². The van der Waals surface area contributed by atoms with Crippen LogP contribution in [0.4, 0.5) is 0 Å². The van der Waals surface area contributed by atoms with Crippen LogP contribution in [-0.4, -0.2) is 52.8 Å². The molecule has 7 nitrogen and oxygen atoms in total. The third-order valence-electron chi connectivity index (χ3n) is 2.45. The van der Waals surface area contributed by atoms with Gasteiger partial charge < -0.3 is 0 Å². The molecule has 17 heavy (non-hydrogen) atoms. The van der Waals surface area contributed by atoms with Crippen molar-refractivity contribution in [1.29, 1.82) is 0 Å². The van der Waals surface area contributed by atoms with Gasteiger partial charge in [-0.25, -0.2) is 4.98 Å². The van der Waals surface area contributed by atoms with Gasteiger partial charge in [0.15, 0.2) is 0 Å². The van der Waals surface area contributed by atoms with Crippen LogP contribution in [-0.2, 0) is 16.8 Å². The molecule has 0 unspecified atom stereocenters. The molecule has 0 spiro atoms. The first kappa shape index (κ1) is 14.1. The molecule has 0 radical (unpaired) electrons. The molecule has 1 heterocycles. The number of aromatic nitrogens is 3. The van der Waals surface area contributed by atoms with E-state index in [1.807, 2.05) is 6.92 Å². The zero-order valence-electron chi connectivity index (χ0n) is 10.4. The van der Waals surface area contributed by atoms with Crippen LogP contribution in [0.1, 0.15) is 25.6 Å². The number of nitrogens with one attached hydrogen (secondary N) is 1.